The largest absolute Gasteiger partial charge is 0.497 e. The number of Topliss-reactive ketones (excluding diaryl/α,β-unsaturated/α-hetero) is 1. The molecule has 0 spiro atoms. The molecule has 32 heavy (non-hydrogen) atoms. The number of nitrogens with two attached hydrogens (primary N) is 1. The number of rotatable bonds is 6. The molecule has 2 aromatic carbocycles. The second kappa shape index (κ2) is 8.06. The van der Waals surface area contributed by atoms with Gasteiger partial charge in [0.15, 0.2) is 17.1 Å². The number of amides is 1. The third kappa shape index (κ3) is 3.62. The molecule has 0 fully saturated rings. The molecule has 0 saturated heterocycles. The number of halogens is 1. The van der Waals surface area contributed by atoms with Crippen LogP contribution in [0.5, 0.6) is 5.75 Å². The SMILES string of the molecule is COc1cccc(C(=O)Cn2c(=O)n(-c3ccc(F)cc3)c3nc(C)nc(C(N)=O)c32)c1. The number of primary amides is 1. The first-order chi connectivity index (χ1) is 15.3. The number of benzene rings is 2. The molecular formula is C22H18FN5O4. The van der Waals surface area contributed by atoms with E-state index in [1.54, 1.807) is 31.2 Å². The van der Waals surface area contributed by atoms with Crippen molar-refractivity contribution in [1.82, 2.24) is 19.1 Å². The van der Waals surface area contributed by atoms with Crippen molar-refractivity contribution in [3.63, 3.8) is 0 Å². The van der Waals surface area contributed by atoms with Crippen molar-refractivity contribution >= 4 is 22.9 Å². The minimum atomic E-state index is -0.876. The summed E-state index contributed by atoms with van der Waals surface area (Å²) in [5.41, 5.74) is 5.40. The number of nitrogens with zero attached hydrogens (tertiary/aromatic N) is 4. The molecule has 9 nitrogen and oxygen atoms in total. The summed E-state index contributed by atoms with van der Waals surface area (Å²) in [5.74, 6) is -1.07. The van der Waals surface area contributed by atoms with Crippen molar-refractivity contribution in [2.75, 3.05) is 7.11 Å². The fourth-order valence-corrected chi connectivity index (χ4v) is 3.44. The topological polar surface area (TPSA) is 122 Å². The molecule has 0 saturated carbocycles. The van der Waals surface area contributed by atoms with Crippen molar-refractivity contribution in [3.05, 3.63) is 81.9 Å². The zero-order chi connectivity index (χ0) is 23.0. The molecule has 0 atom stereocenters. The first kappa shape index (κ1) is 20.9. The summed E-state index contributed by atoms with van der Waals surface area (Å²) in [6, 6.07) is 11.6. The van der Waals surface area contributed by atoms with E-state index in [-0.39, 0.29) is 22.7 Å². The molecule has 0 aliphatic heterocycles. The Hall–Kier alpha value is -4.34. The number of hydrogen-bond donors (Lipinski definition) is 1. The maximum atomic E-state index is 13.4. The Labute approximate surface area is 180 Å². The van der Waals surface area contributed by atoms with Gasteiger partial charge < -0.3 is 10.5 Å². The lowest BCUT2D eigenvalue weighted by Crippen LogP contribution is -2.27. The van der Waals surface area contributed by atoms with Crippen molar-refractivity contribution in [3.8, 4) is 11.4 Å². The Balaban J connectivity index is 1.96. The fraction of sp³-hybridized carbons (Fsp3) is 0.136. The van der Waals surface area contributed by atoms with Gasteiger partial charge in [0.2, 0.25) is 0 Å². The predicted octanol–water partition coefficient (Wildman–Crippen LogP) is 2.02. The van der Waals surface area contributed by atoms with E-state index in [1.807, 2.05) is 0 Å². The van der Waals surface area contributed by atoms with Crippen molar-refractivity contribution in [2.45, 2.75) is 13.5 Å². The molecule has 1 amide bonds. The van der Waals surface area contributed by atoms with E-state index < -0.39 is 29.7 Å². The van der Waals surface area contributed by atoms with Crippen LogP contribution in [0.2, 0.25) is 0 Å². The van der Waals surface area contributed by atoms with Gasteiger partial charge in [0.25, 0.3) is 5.91 Å². The van der Waals surface area contributed by atoms with Gasteiger partial charge in [-0.1, -0.05) is 12.1 Å². The summed E-state index contributed by atoms with van der Waals surface area (Å²) in [7, 11) is 1.48. The second-order valence-corrected chi connectivity index (χ2v) is 6.99. The summed E-state index contributed by atoms with van der Waals surface area (Å²) in [6.07, 6.45) is 0. The molecule has 10 heteroatoms. The molecule has 0 unspecified atom stereocenters. The molecule has 2 aromatic heterocycles. The lowest BCUT2D eigenvalue weighted by molar-refractivity contribution is 0.0966. The molecule has 0 radical (unpaired) electrons. The number of imidazole rings is 1. The van der Waals surface area contributed by atoms with E-state index in [0.717, 1.165) is 4.57 Å². The number of hydrogen-bond acceptors (Lipinski definition) is 6. The Bertz CT molecular complexity index is 1420. The average molecular weight is 435 g/mol. The molecule has 4 aromatic rings. The number of ketones is 1. The van der Waals surface area contributed by atoms with Gasteiger partial charge in [-0.15, -0.1) is 0 Å². The monoisotopic (exact) mass is 435 g/mol. The van der Waals surface area contributed by atoms with Gasteiger partial charge in [0, 0.05) is 5.56 Å². The van der Waals surface area contributed by atoms with Gasteiger partial charge in [-0.2, -0.15) is 0 Å². The minimum Gasteiger partial charge on any atom is -0.497 e. The Kier molecular flexibility index (Phi) is 5.27. The number of fused-ring (bicyclic) bond motifs is 1. The highest BCUT2D eigenvalue weighted by molar-refractivity contribution is 6.03. The van der Waals surface area contributed by atoms with Gasteiger partial charge in [0.05, 0.1) is 19.3 Å². The van der Waals surface area contributed by atoms with Gasteiger partial charge >= 0.3 is 5.69 Å². The van der Waals surface area contributed by atoms with E-state index in [1.165, 1.54) is 35.9 Å². The third-order valence-corrected chi connectivity index (χ3v) is 4.89. The summed E-state index contributed by atoms with van der Waals surface area (Å²) in [4.78, 5) is 46.9. The highest BCUT2D eigenvalue weighted by atomic mass is 19.1. The average Bonchev–Trinajstić information content (AvgIpc) is 3.04. The molecule has 0 bridgehead atoms. The Morgan fingerprint density at radius 3 is 2.50 bits per heavy atom. The summed E-state index contributed by atoms with van der Waals surface area (Å²) in [5, 5.41) is 0. The summed E-state index contributed by atoms with van der Waals surface area (Å²) < 4.78 is 20.9. The van der Waals surface area contributed by atoms with E-state index in [2.05, 4.69) is 9.97 Å². The quantitative estimate of drug-likeness (QED) is 0.463. The zero-order valence-electron chi connectivity index (χ0n) is 17.2. The molecule has 0 aliphatic carbocycles. The van der Waals surface area contributed by atoms with Crippen LogP contribution in [0.3, 0.4) is 0 Å². The highest BCUT2D eigenvalue weighted by Crippen LogP contribution is 2.21. The van der Waals surface area contributed by atoms with Crippen LogP contribution in [0.1, 0.15) is 26.7 Å². The standard InChI is InChI=1S/C22H18FN5O4/c1-12-25-18(20(24)30)19-21(26-12)28(15-8-6-14(23)7-9-15)22(31)27(19)11-17(29)13-4-3-5-16(10-13)32-2/h3-10H,11H2,1-2H3,(H2,24,30). The number of ether oxygens (including phenoxy) is 1. The van der Waals surface area contributed by atoms with Crippen LogP contribution in [0.15, 0.2) is 53.3 Å². The van der Waals surface area contributed by atoms with Crippen molar-refractivity contribution in [2.24, 2.45) is 5.73 Å². The van der Waals surface area contributed by atoms with Crippen molar-refractivity contribution in [1.29, 1.82) is 0 Å². The van der Waals surface area contributed by atoms with E-state index >= 15 is 0 Å². The number of methoxy groups -OCH3 is 1. The second-order valence-electron chi connectivity index (χ2n) is 6.99. The van der Waals surface area contributed by atoms with E-state index in [4.69, 9.17) is 10.5 Å². The minimum absolute atomic E-state index is 0.0219. The third-order valence-electron chi connectivity index (χ3n) is 4.89. The Morgan fingerprint density at radius 1 is 1.12 bits per heavy atom. The number of carbonyl (C=O) groups excluding carboxylic acids is 2. The fourth-order valence-electron chi connectivity index (χ4n) is 3.44. The summed E-state index contributed by atoms with van der Waals surface area (Å²) in [6.45, 7) is 1.15. The van der Waals surface area contributed by atoms with Crippen molar-refractivity contribution < 1.29 is 18.7 Å². The van der Waals surface area contributed by atoms with Crippen LogP contribution in [0, 0.1) is 12.7 Å². The van der Waals surface area contributed by atoms with Crippen LogP contribution in [-0.2, 0) is 6.54 Å². The first-order valence-corrected chi connectivity index (χ1v) is 9.53. The van der Waals surface area contributed by atoms with E-state index in [9.17, 15) is 18.8 Å². The predicted molar refractivity (Wildman–Crippen MR) is 114 cm³/mol. The van der Waals surface area contributed by atoms with Gasteiger partial charge in [0.1, 0.15) is 22.9 Å². The maximum Gasteiger partial charge on any atom is 0.335 e. The Morgan fingerprint density at radius 2 is 1.84 bits per heavy atom. The normalized spacial score (nSPS) is 11.0. The molecule has 4 rings (SSSR count). The lowest BCUT2D eigenvalue weighted by atomic mass is 10.1. The number of carbonyl (C=O) groups is 2. The molecular weight excluding hydrogens is 417 g/mol. The zero-order valence-corrected chi connectivity index (χ0v) is 17.2. The molecule has 2 heterocycles. The van der Waals surface area contributed by atoms with Crippen LogP contribution in [-0.4, -0.2) is 37.9 Å². The molecule has 162 valence electrons. The number of aromatic nitrogens is 4. The van der Waals surface area contributed by atoms with Crippen LogP contribution < -0.4 is 16.2 Å². The maximum absolute atomic E-state index is 13.4. The van der Waals surface area contributed by atoms with Gasteiger partial charge in [-0.05, 0) is 43.3 Å². The molecule has 0 aliphatic rings. The summed E-state index contributed by atoms with van der Waals surface area (Å²) >= 11 is 0. The van der Waals surface area contributed by atoms with E-state index in [0.29, 0.717) is 17.0 Å². The lowest BCUT2D eigenvalue weighted by Gasteiger charge is -2.07. The van der Waals surface area contributed by atoms with Crippen LogP contribution in [0.4, 0.5) is 4.39 Å². The highest BCUT2D eigenvalue weighted by Gasteiger charge is 2.24. The van der Waals surface area contributed by atoms with Gasteiger partial charge in [-0.25, -0.2) is 23.7 Å². The molecule has 2 N–H and O–H groups in total. The van der Waals surface area contributed by atoms with Crippen LogP contribution in [0.25, 0.3) is 16.9 Å². The van der Waals surface area contributed by atoms with Crippen LogP contribution >= 0.6 is 0 Å². The number of aryl methyl sites for hydroxylation is 1. The smallest absolute Gasteiger partial charge is 0.335 e. The first-order valence-electron chi connectivity index (χ1n) is 9.53. The van der Waals surface area contributed by atoms with Gasteiger partial charge in [-0.3, -0.25) is 14.2 Å².